The van der Waals surface area contributed by atoms with Gasteiger partial charge >= 0.3 is 0 Å². The number of nitrogens with one attached hydrogen (secondary N) is 1. The summed E-state index contributed by atoms with van der Waals surface area (Å²) < 4.78 is 5.09. The van der Waals surface area contributed by atoms with Gasteiger partial charge in [0.25, 0.3) is 0 Å². The monoisotopic (exact) mass is 235 g/mol. The van der Waals surface area contributed by atoms with Crippen LogP contribution in [0.5, 0.6) is 0 Å². The summed E-state index contributed by atoms with van der Waals surface area (Å²) in [6.45, 7) is 6.49. The van der Waals surface area contributed by atoms with Crippen LogP contribution in [0.3, 0.4) is 0 Å². The maximum Gasteiger partial charge on any atom is 0.0950 e. The molecule has 2 aromatic heterocycles. The van der Waals surface area contributed by atoms with Gasteiger partial charge in [0.1, 0.15) is 0 Å². The minimum Gasteiger partial charge on any atom is -0.472 e. The lowest BCUT2D eigenvalue weighted by molar-refractivity contribution is 0.491. The number of rotatable bonds is 4. The van der Waals surface area contributed by atoms with E-state index >= 15 is 0 Å². The lowest BCUT2D eigenvalue weighted by Crippen LogP contribution is -2.21. The molecule has 2 aromatic rings. The molecule has 0 bridgehead atoms. The molecule has 3 heteroatoms. The Kier molecular flexibility index (Phi) is 3.46. The molecule has 0 radical (unpaired) electrons. The van der Waals surface area contributed by atoms with E-state index in [-0.39, 0.29) is 0 Å². The van der Waals surface area contributed by atoms with Crippen LogP contribution in [-0.4, -0.2) is 0 Å². The average Bonchev–Trinajstić information content (AvgIpc) is 2.87. The summed E-state index contributed by atoms with van der Waals surface area (Å²) in [5.74, 6) is 0. The fraction of sp³-hybridized carbons (Fsp3) is 0.385. The highest BCUT2D eigenvalue weighted by atomic mass is 32.1. The molecule has 0 saturated carbocycles. The summed E-state index contributed by atoms with van der Waals surface area (Å²) in [7, 11) is 0. The van der Waals surface area contributed by atoms with Gasteiger partial charge in [-0.1, -0.05) is 0 Å². The van der Waals surface area contributed by atoms with E-state index in [4.69, 9.17) is 4.42 Å². The smallest absolute Gasteiger partial charge is 0.0950 e. The van der Waals surface area contributed by atoms with Gasteiger partial charge in [-0.05, 0) is 39.0 Å². The first-order chi connectivity index (χ1) is 7.66. The fourth-order valence-corrected chi connectivity index (χ4v) is 2.65. The Morgan fingerprint density at radius 1 is 1.19 bits per heavy atom. The van der Waals surface area contributed by atoms with Crippen LogP contribution in [0.15, 0.2) is 35.1 Å². The van der Waals surface area contributed by atoms with E-state index < -0.39 is 0 Å². The van der Waals surface area contributed by atoms with Crippen LogP contribution in [0, 0.1) is 6.92 Å². The largest absolute Gasteiger partial charge is 0.472 e. The predicted molar refractivity (Wildman–Crippen MR) is 67.7 cm³/mol. The molecule has 0 fully saturated rings. The molecule has 0 saturated heterocycles. The van der Waals surface area contributed by atoms with Crippen molar-refractivity contribution in [3.63, 3.8) is 0 Å². The lowest BCUT2D eigenvalue weighted by Gasteiger charge is -2.17. The van der Waals surface area contributed by atoms with Crippen LogP contribution in [0.1, 0.15) is 41.2 Å². The molecule has 0 aliphatic rings. The van der Waals surface area contributed by atoms with Crippen molar-refractivity contribution >= 4 is 11.3 Å². The van der Waals surface area contributed by atoms with E-state index in [1.807, 2.05) is 17.4 Å². The van der Waals surface area contributed by atoms with E-state index in [1.54, 1.807) is 12.5 Å². The van der Waals surface area contributed by atoms with Gasteiger partial charge in [-0.25, -0.2) is 0 Å². The van der Waals surface area contributed by atoms with Crippen molar-refractivity contribution in [3.8, 4) is 0 Å². The topological polar surface area (TPSA) is 25.2 Å². The fourth-order valence-electron chi connectivity index (χ4n) is 1.76. The zero-order chi connectivity index (χ0) is 11.5. The Bertz CT molecular complexity index is 432. The molecule has 2 heterocycles. The third kappa shape index (κ3) is 2.54. The Hall–Kier alpha value is -1.06. The van der Waals surface area contributed by atoms with Gasteiger partial charge in [-0.3, -0.25) is 0 Å². The van der Waals surface area contributed by atoms with Gasteiger partial charge in [-0.15, -0.1) is 11.3 Å². The molecule has 0 aromatic carbocycles. The van der Waals surface area contributed by atoms with Crippen LogP contribution in [0.2, 0.25) is 0 Å². The van der Waals surface area contributed by atoms with Gasteiger partial charge in [0.05, 0.1) is 12.5 Å². The standard InChI is InChI=1S/C13H17NOS/c1-9-4-5-13(16-9)11(3)14-10(2)12-6-7-15-8-12/h4-8,10-11,14H,1-3H3. The summed E-state index contributed by atoms with van der Waals surface area (Å²) >= 11 is 1.85. The molecule has 86 valence electrons. The minimum atomic E-state index is 0.316. The van der Waals surface area contributed by atoms with E-state index in [2.05, 4.69) is 38.2 Å². The van der Waals surface area contributed by atoms with Crippen LogP contribution < -0.4 is 5.32 Å². The number of aryl methyl sites for hydroxylation is 1. The molecule has 2 rings (SSSR count). The molecule has 2 unspecified atom stereocenters. The quantitative estimate of drug-likeness (QED) is 0.864. The third-order valence-corrected chi connectivity index (χ3v) is 3.91. The Morgan fingerprint density at radius 2 is 2.00 bits per heavy atom. The summed E-state index contributed by atoms with van der Waals surface area (Å²) in [5.41, 5.74) is 1.19. The molecule has 16 heavy (non-hydrogen) atoms. The summed E-state index contributed by atoms with van der Waals surface area (Å²) in [4.78, 5) is 2.74. The highest BCUT2D eigenvalue weighted by molar-refractivity contribution is 7.12. The van der Waals surface area contributed by atoms with E-state index in [0.29, 0.717) is 12.1 Å². The van der Waals surface area contributed by atoms with Crippen LogP contribution in [-0.2, 0) is 0 Å². The zero-order valence-electron chi connectivity index (χ0n) is 9.86. The first-order valence-corrected chi connectivity index (χ1v) is 6.33. The number of thiophene rings is 1. The van der Waals surface area contributed by atoms with E-state index in [1.165, 1.54) is 15.3 Å². The molecule has 0 spiro atoms. The molecular weight excluding hydrogens is 218 g/mol. The number of hydrogen-bond acceptors (Lipinski definition) is 3. The molecule has 2 atom stereocenters. The molecule has 0 aliphatic carbocycles. The van der Waals surface area contributed by atoms with Crippen molar-refractivity contribution in [2.45, 2.75) is 32.9 Å². The van der Waals surface area contributed by atoms with Crippen LogP contribution >= 0.6 is 11.3 Å². The molecule has 0 aliphatic heterocycles. The number of furan rings is 1. The molecule has 0 amide bonds. The molecule has 2 nitrogen and oxygen atoms in total. The van der Waals surface area contributed by atoms with Gasteiger partial charge < -0.3 is 9.73 Å². The van der Waals surface area contributed by atoms with Crippen molar-refractivity contribution in [3.05, 3.63) is 46.0 Å². The van der Waals surface area contributed by atoms with E-state index in [0.717, 1.165) is 0 Å². The van der Waals surface area contributed by atoms with Crippen molar-refractivity contribution in [1.29, 1.82) is 0 Å². The second-order valence-electron chi connectivity index (χ2n) is 4.12. The highest BCUT2D eigenvalue weighted by Gasteiger charge is 2.12. The predicted octanol–water partition coefficient (Wildman–Crippen LogP) is 4.06. The Labute approximate surface area is 100 Å². The maximum absolute atomic E-state index is 5.09. The number of hydrogen-bond donors (Lipinski definition) is 1. The summed E-state index contributed by atoms with van der Waals surface area (Å²) in [6, 6.07) is 7.06. The lowest BCUT2D eigenvalue weighted by atomic mass is 10.1. The van der Waals surface area contributed by atoms with Crippen molar-refractivity contribution in [1.82, 2.24) is 5.32 Å². The second kappa shape index (κ2) is 4.85. The Morgan fingerprint density at radius 3 is 2.56 bits per heavy atom. The highest BCUT2D eigenvalue weighted by Crippen LogP contribution is 2.25. The van der Waals surface area contributed by atoms with Crippen molar-refractivity contribution in [2.24, 2.45) is 0 Å². The van der Waals surface area contributed by atoms with Crippen LogP contribution in [0.4, 0.5) is 0 Å². The minimum absolute atomic E-state index is 0.316. The zero-order valence-corrected chi connectivity index (χ0v) is 10.7. The van der Waals surface area contributed by atoms with Gasteiger partial charge in [0, 0.05) is 27.4 Å². The van der Waals surface area contributed by atoms with Crippen molar-refractivity contribution < 1.29 is 4.42 Å². The SMILES string of the molecule is Cc1ccc(C(C)NC(C)c2ccoc2)s1. The second-order valence-corrected chi connectivity index (χ2v) is 5.43. The third-order valence-electron chi connectivity index (χ3n) is 2.73. The van der Waals surface area contributed by atoms with Crippen LogP contribution in [0.25, 0.3) is 0 Å². The normalized spacial score (nSPS) is 14.9. The average molecular weight is 235 g/mol. The van der Waals surface area contributed by atoms with E-state index in [9.17, 15) is 0 Å². The Balaban J connectivity index is 2.00. The van der Waals surface area contributed by atoms with Gasteiger partial charge in [0.15, 0.2) is 0 Å². The molecule has 1 N–H and O–H groups in total. The summed E-state index contributed by atoms with van der Waals surface area (Å²) in [5, 5.41) is 3.56. The van der Waals surface area contributed by atoms with Gasteiger partial charge in [-0.2, -0.15) is 0 Å². The molecular formula is C13H17NOS. The summed E-state index contributed by atoms with van der Waals surface area (Å²) in [6.07, 6.45) is 3.51. The first kappa shape index (κ1) is 11.4. The first-order valence-electron chi connectivity index (χ1n) is 5.51. The van der Waals surface area contributed by atoms with Crippen molar-refractivity contribution in [2.75, 3.05) is 0 Å². The van der Waals surface area contributed by atoms with Gasteiger partial charge in [0.2, 0.25) is 0 Å². The maximum atomic E-state index is 5.09.